The Kier molecular flexibility index (Phi) is 5.01. The van der Waals surface area contributed by atoms with Crippen molar-refractivity contribution in [2.45, 2.75) is 19.6 Å². The van der Waals surface area contributed by atoms with Crippen LogP contribution in [0.25, 0.3) is 0 Å². The Hall–Kier alpha value is -3.12. The number of Topliss-reactive ketones (excluding diaryl/α,β-unsaturated/α-hetero) is 1. The van der Waals surface area contributed by atoms with Crippen LogP contribution in [-0.4, -0.2) is 17.7 Å². The number of carbonyl (C=O) groups is 3. The largest absolute Gasteiger partial charge is 0.456 e. The van der Waals surface area contributed by atoms with Crippen molar-refractivity contribution in [3.63, 3.8) is 0 Å². The highest BCUT2D eigenvalue weighted by Gasteiger charge is 2.53. The van der Waals surface area contributed by atoms with Crippen LogP contribution in [-0.2, 0) is 24.8 Å². The molecule has 0 spiro atoms. The standard InChI is InChI=1S/C20H16ClNO5/c1-12-17(26-13(2)23)18(24)20(27-12,15-8-10-16(21)11-9-15)22-19(25)14-6-4-3-5-7-14/h3-11H,1-2H3,(H,22,25). The highest BCUT2D eigenvalue weighted by Crippen LogP contribution is 2.38. The van der Waals surface area contributed by atoms with E-state index in [4.69, 9.17) is 21.1 Å². The summed E-state index contributed by atoms with van der Waals surface area (Å²) >= 11 is 5.94. The van der Waals surface area contributed by atoms with Gasteiger partial charge in [0.1, 0.15) is 5.76 Å². The fraction of sp³-hybridized carbons (Fsp3) is 0.150. The maximum absolute atomic E-state index is 13.1. The van der Waals surface area contributed by atoms with Crippen molar-refractivity contribution in [3.05, 3.63) is 82.3 Å². The van der Waals surface area contributed by atoms with Crippen LogP contribution in [0.2, 0.25) is 5.02 Å². The number of hydrogen-bond acceptors (Lipinski definition) is 5. The number of halogens is 1. The van der Waals surface area contributed by atoms with E-state index in [9.17, 15) is 14.4 Å². The molecule has 7 heteroatoms. The minimum atomic E-state index is -1.85. The van der Waals surface area contributed by atoms with Gasteiger partial charge in [0, 0.05) is 23.1 Å². The van der Waals surface area contributed by atoms with Crippen LogP contribution >= 0.6 is 11.6 Å². The average molecular weight is 386 g/mol. The maximum Gasteiger partial charge on any atom is 0.308 e. The van der Waals surface area contributed by atoms with E-state index in [1.165, 1.54) is 13.8 Å². The Labute approximate surface area is 160 Å². The van der Waals surface area contributed by atoms with Gasteiger partial charge >= 0.3 is 5.97 Å². The third-order valence-electron chi connectivity index (χ3n) is 3.97. The molecule has 1 atom stereocenters. The maximum atomic E-state index is 13.1. The van der Waals surface area contributed by atoms with Gasteiger partial charge in [-0.3, -0.25) is 14.4 Å². The Bertz CT molecular complexity index is 937. The second kappa shape index (κ2) is 7.25. The third-order valence-corrected chi connectivity index (χ3v) is 4.23. The number of carbonyl (C=O) groups excluding carboxylic acids is 3. The summed E-state index contributed by atoms with van der Waals surface area (Å²) in [5.41, 5.74) is -1.16. The molecule has 2 aromatic carbocycles. The zero-order valence-corrected chi connectivity index (χ0v) is 15.4. The molecule has 1 heterocycles. The van der Waals surface area contributed by atoms with Crippen molar-refractivity contribution in [1.29, 1.82) is 0 Å². The van der Waals surface area contributed by atoms with Crippen LogP contribution in [0.1, 0.15) is 29.8 Å². The van der Waals surface area contributed by atoms with Crippen molar-refractivity contribution in [2.75, 3.05) is 0 Å². The molecule has 6 nitrogen and oxygen atoms in total. The Morgan fingerprint density at radius 3 is 2.30 bits per heavy atom. The van der Waals surface area contributed by atoms with E-state index in [0.29, 0.717) is 16.1 Å². The lowest BCUT2D eigenvalue weighted by Crippen LogP contribution is -2.51. The van der Waals surface area contributed by atoms with Gasteiger partial charge in [0.15, 0.2) is 0 Å². The summed E-state index contributed by atoms with van der Waals surface area (Å²) in [6.07, 6.45) is 0. The molecular formula is C20H16ClNO5. The van der Waals surface area contributed by atoms with Crippen LogP contribution in [0.3, 0.4) is 0 Å². The van der Waals surface area contributed by atoms with E-state index < -0.39 is 23.4 Å². The highest BCUT2D eigenvalue weighted by molar-refractivity contribution is 6.30. The number of ether oxygens (including phenoxy) is 2. The number of rotatable bonds is 4. The van der Waals surface area contributed by atoms with Crippen molar-refractivity contribution < 1.29 is 23.9 Å². The Balaban J connectivity index is 2.04. The van der Waals surface area contributed by atoms with Gasteiger partial charge in [-0.2, -0.15) is 0 Å². The predicted octanol–water partition coefficient (Wildman–Crippen LogP) is 3.32. The van der Waals surface area contributed by atoms with E-state index in [1.807, 2.05) is 0 Å². The first-order valence-electron chi connectivity index (χ1n) is 8.10. The van der Waals surface area contributed by atoms with Gasteiger partial charge in [-0.05, 0) is 31.2 Å². The van der Waals surface area contributed by atoms with E-state index in [1.54, 1.807) is 54.6 Å². The number of amides is 1. The summed E-state index contributed by atoms with van der Waals surface area (Å²) in [6.45, 7) is 2.67. The normalized spacial score (nSPS) is 18.9. The van der Waals surface area contributed by atoms with Crippen LogP contribution in [0.5, 0.6) is 0 Å². The quantitative estimate of drug-likeness (QED) is 0.816. The lowest BCUT2D eigenvalue weighted by atomic mass is 9.97. The lowest BCUT2D eigenvalue weighted by molar-refractivity contribution is -0.143. The number of nitrogens with one attached hydrogen (secondary N) is 1. The number of allylic oxidation sites excluding steroid dienone is 1. The van der Waals surface area contributed by atoms with Gasteiger partial charge in [-0.1, -0.05) is 41.9 Å². The van der Waals surface area contributed by atoms with E-state index in [-0.39, 0.29) is 11.5 Å². The molecular weight excluding hydrogens is 370 g/mol. The summed E-state index contributed by atoms with van der Waals surface area (Å²) < 4.78 is 10.8. The average Bonchev–Trinajstić information content (AvgIpc) is 2.87. The number of hydrogen-bond donors (Lipinski definition) is 1. The van der Waals surface area contributed by atoms with E-state index in [2.05, 4.69) is 5.32 Å². The fourth-order valence-corrected chi connectivity index (χ4v) is 2.88. The first-order chi connectivity index (χ1) is 12.8. The molecule has 0 saturated heterocycles. The summed E-state index contributed by atoms with van der Waals surface area (Å²) in [5, 5.41) is 3.10. The minimum absolute atomic E-state index is 0.0958. The molecule has 0 bridgehead atoms. The fourth-order valence-electron chi connectivity index (χ4n) is 2.75. The molecule has 0 radical (unpaired) electrons. The SMILES string of the molecule is CC(=O)OC1=C(C)OC(NC(=O)c2ccccc2)(c2ccc(Cl)cc2)C1=O. The molecule has 1 N–H and O–H groups in total. The molecule has 0 saturated carbocycles. The molecule has 27 heavy (non-hydrogen) atoms. The highest BCUT2D eigenvalue weighted by atomic mass is 35.5. The molecule has 0 fully saturated rings. The minimum Gasteiger partial charge on any atom is -0.456 e. The van der Waals surface area contributed by atoms with Crippen LogP contribution < -0.4 is 5.32 Å². The van der Waals surface area contributed by atoms with E-state index in [0.717, 1.165) is 0 Å². The van der Waals surface area contributed by atoms with Gasteiger partial charge in [0.25, 0.3) is 17.4 Å². The topological polar surface area (TPSA) is 81.7 Å². The van der Waals surface area contributed by atoms with Gasteiger partial charge in [0.2, 0.25) is 5.76 Å². The lowest BCUT2D eigenvalue weighted by Gasteiger charge is -2.29. The molecule has 0 aromatic heterocycles. The van der Waals surface area contributed by atoms with Gasteiger partial charge < -0.3 is 14.8 Å². The molecule has 138 valence electrons. The van der Waals surface area contributed by atoms with Crippen molar-refractivity contribution in [1.82, 2.24) is 5.32 Å². The van der Waals surface area contributed by atoms with Gasteiger partial charge in [0.05, 0.1) is 0 Å². The van der Waals surface area contributed by atoms with Crippen molar-refractivity contribution >= 4 is 29.3 Å². The summed E-state index contributed by atoms with van der Waals surface area (Å²) in [4.78, 5) is 37.2. The molecule has 0 aliphatic carbocycles. The Morgan fingerprint density at radius 2 is 1.70 bits per heavy atom. The molecule has 1 amide bonds. The zero-order valence-electron chi connectivity index (χ0n) is 14.6. The predicted molar refractivity (Wildman–Crippen MR) is 97.6 cm³/mol. The molecule has 1 aliphatic rings. The molecule has 1 unspecified atom stereocenters. The number of ketones is 1. The summed E-state index contributed by atoms with van der Waals surface area (Å²) in [7, 11) is 0. The van der Waals surface area contributed by atoms with Crippen LogP contribution in [0, 0.1) is 0 Å². The molecule has 1 aliphatic heterocycles. The number of esters is 1. The van der Waals surface area contributed by atoms with Crippen molar-refractivity contribution in [2.24, 2.45) is 0 Å². The van der Waals surface area contributed by atoms with Gasteiger partial charge in [-0.15, -0.1) is 0 Å². The monoisotopic (exact) mass is 385 g/mol. The smallest absolute Gasteiger partial charge is 0.308 e. The second-order valence-corrected chi connectivity index (χ2v) is 6.35. The third kappa shape index (κ3) is 3.57. The van der Waals surface area contributed by atoms with E-state index >= 15 is 0 Å². The molecule has 2 aromatic rings. The summed E-state index contributed by atoms with van der Waals surface area (Å²) in [5.74, 6) is -2.01. The zero-order chi connectivity index (χ0) is 19.6. The second-order valence-electron chi connectivity index (χ2n) is 5.92. The first-order valence-corrected chi connectivity index (χ1v) is 8.48. The van der Waals surface area contributed by atoms with Crippen LogP contribution in [0.4, 0.5) is 0 Å². The number of benzene rings is 2. The van der Waals surface area contributed by atoms with Gasteiger partial charge in [-0.25, -0.2) is 0 Å². The Morgan fingerprint density at radius 1 is 1.07 bits per heavy atom. The van der Waals surface area contributed by atoms with Crippen molar-refractivity contribution in [3.8, 4) is 0 Å². The van der Waals surface area contributed by atoms with Crippen LogP contribution in [0.15, 0.2) is 66.1 Å². The summed E-state index contributed by atoms with van der Waals surface area (Å²) in [6, 6.07) is 14.7. The first kappa shape index (κ1) is 18.7. The molecule has 3 rings (SSSR count).